The smallest absolute Gasteiger partial charge is 0.287 e. The van der Waals surface area contributed by atoms with Crippen molar-refractivity contribution in [3.63, 3.8) is 0 Å². The summed E-state index contributed by atoms with van der Waals surface area (Å²) >= 11 is 1.30. The van der Waals surface area contributed by atoms with Crippen LogP contribution in [0.25, 0.3) is 11.4 Å². The van der Waals surface area contributed by atoms with Crippen LogP contribution in [0.15, 0.2) is 87.6 Å². The molecule has 11 heteroatoms. The van der Waals surface area contributed by atoms with Crippen molar-refractivity contribution in [2.75, 3.05) is 23.3 Å². The second-order valence-corrected chi connectivity index (χ2v) is 16.0. The van der Waals surface area contributed by atoms with Crippen LogP contribution < -0.4 is 20.5 Å². The van der Waals surface area contributed by atoms with Gasteiger partial charge in [-0.15, -0.1) is 5.10 Å². The summed E-state index contributed by atoms with van der Waals surface area (Å²) in [4.78, 5) is 17.0. The standard InChI is InChI=1S/C41H54N8O2S/c1-8-17-35(51-34-25-20-29(40(4,5)9-2)28-33(34)41(6,7)10-3)42-30-21-23-32(24-22-30)48-38(50)36(37(44-48)47-26-15-12-16-27-47)52-39-43-45-46-49(39)31-18-13-11-14-19-31/h11,13-14,18-25,28,35,42,44H,8-10,12,15-17,26-27H2,1-7H3. The maximum absolute atomic E-state index is 14.2. The number of nitrogens with one attached hydrogen (secondary N) is 2. The molecule has 3 heterocycles. The maximum atomic E-state index is 14.2. The van der Waals surface area contributed by atoms with Crippen molar-refractivity contribution >= 4 is 23.3 Å². The Morgan fingerprint density at radius 2 is 1.60 bits per heavy atom. The van der Waals surface area contributed by atoms with E-state index in [1.165, 1.54) is 29.3 Å². The SMILES string of the molecule is CCCC(Nc1ccc(-n2[nH]c(N3CCCCC3)c(Sc3nnnn3-c3ccccc3)c2=O)cc1)Oc1ccc(C(C)(C)CC)cc1C(C)(C)CC. The lowest BCUT2D eigenvalue weighted by Crippen LogP contribution is -2.30. The highest BCUT2D eigenvalue weighted by Crippen LogP contribution is 2.39. The zero-order valence-corrected chi connectivity index (χ0v) is 32.6. The summed E-state index contributed by atoms with van der Waals surface area (Å²) < 4.78 is 10.1. The first kappa shape index (κ1) is 37.3. The Morgan fingerprint density at radius 1 is 0.885 bits per heavy atom. The first-order valence-electron chi connectivity index (χ1n) is 18.8. The monoisotopic (exact) mass is 722 g/mol. The molecule has 1 fully saturated rings. The van der Waals surface area contributed by atoms with Crippen molar-refractivity contribution < 1.29 is 4.74 Å². The first-order chi connectivity index (χ1) is 25.0. The third kappa shape index (κ3) is 8.09. The Balaban J connectivity index is 1.27. The normalized spacial score (nSPS) is 14.4. The van der Waals surface area contributed by atoms with E-state index in [1.807, 2.05) is 54.6 Å². The zero-order valence-electron chi connectivity index (χ0n) is 31.8. The molecular weight excluding hydrogens is 669 g/mol. The van der Waals surface area contributed by atoms with Gasteiger partial charge in [0.15, 0.2) is 6.23 Å². The van der Waals surface area contributed by atoms with Crippen LogP contribution in [-0.2, 0) is 10.8 Å². The van der Waals surface area contributed by atoms with Crippen LogP contribution in [0.2, 0.25) is 0 Å². The second-order valence-electron chi connectivity index (χ2n) is 15.1. The van der Waals surface area contributed by atoms with Crippen LogP contribution in [-0.4, -0.2) is 49.3 Å². The second kappa shape index (κ2) is 16.0. The first-order valence-corrected chi connectivity index (χ1v) is 19.7. The number of benzene rings is 3. The number of anilines is 2. The molecule has 52 heavy (non-hydrogen) atoms. The summed E-state index contributed by atoms with van der Waals surface area (Å²) in [7, 11) is 0. The van der Waals surface area contributed by atoms with Gasteiger partial charge in [0.2, 0.25) is 5.16 Å². The number of para-hydroxylation sites is 1. The van der Waals surface area contributed by atoms with Gasteiger partial charge in [-0.05, 0) is 113 Å². The number of piperidine rings is 1. The van der Waals surface area contributed by atoms with E-state index in [4.69, 9.17) is 4.74 Å². The van der Waals surface area contributed by atoms with Gasteiger partial charge >= 0.3 is 0 Å². The molecule has 2 N–H and O–H groups in total. The van der Waals surface area contributed by atoms with Gasteiger partial charge in [-0.25, -0.2) is 4.68 Å². The number of aromatic amines is 1. The van der Waals surface area contributed by atoms with E-state index in [0.29, 0.717) is 10.1 Å². The molecule has 10 nitrogen and oxygen atoms in total. The topological polar surface area (TPSA) is 106 Å². The average Bonchev–Trinajstić information content (AvgIpc) is 3.77. The summed E-state index contributed by atoms with van der Waals surface area (Å²) in [5.74, 6) is 1.73. The number of hydrogen-bond donors (Lipinski definition) is 2. The Hall–Kier alpha value is -4.51. The van der Waals surface area contributed by atoms with Gasteiger partial charge in [-0.2, -0.15) is 4.68 Å². The van der Waals surface area contributed by atoms with Crippen LogP contribution in [0.5, 0.6) is 5.75 Å². The molecule has 0 radical (unpaired) electrons. The number of nitrogens with zero attached hydrogens (tertiary/aromatic N) is 6. The van der Waals surface area contributed by atoms with Crippen molar-refractivity contribution in [1.82, 2.24) is 30.0 Å². The lowest BCUT2D eigenvalue weighted by atomic mass is 9.76. The minimum absolute atomic E-state index is 0.0329. The molecule has 0 saturated carbocycles. The molecule has 0 bridgehead atoms. The summed E-state index contributed by atoms with van der Waals surface area (Å²) in [5, 5.41) is 20.1. The third-order valence-corrected chi connectivity index (χ3v) is 11.7. The van der Waals surface area contributed by atoms with Crippen molar-refractivity contribution in [3.8, 4) is 17.1 Å². The van der Waals surface area contributed by atoms with Gasteiger partial charge in [0.05, 0.1) is 11.4 Å². The van der Waals surface area contributed by atoms with E-state index >= 15 is 0 Å². The fraction of sp³-hybridized carbons (Fsp3) is 0.463. The molecule has 1 atom stereocenters. The number of rotatable bonds is 15. The molecule has 1 aliphatic rings. The van der Waals surface area contributed by atoms with Gasteiger partial charge in [0.1, 0.15) is 16.5 Å². The van der Waals surface area contributed by atoms with Gasteiger partial charge in [-0.3, -0.25) is 9.89 Å². The average molecular weight is 723 g/mol. The molecule has 0 aliphatic carbocycles. The Kier molecular flexibility index (Phi) is 11.5. The molecule has 5 aromatic rings. The molecule has 1 saturated heterocycles. The summed E-state index contributed by atoms with van der Waals surface area (Å²) in [5.41, 5.74) is 5.02. The molecule has 6 rings (SSSR count). The predicted octanol–water partition coefficient (Wildman–Crippen LogP) is 9.28. The van der Waals surface area contributed by atoms with Crippen molar-refractivity contribution in [2.45, 2.75) is 121 Å². The molecule has 0 amide bonds. The lowest BCUT2D eigenvalue weighted by molar-refractivity contribution is 0.212. The van der Waals surface area contributed by atoms with E-state index < -0.39 is 0 Å². The third-order valence-electron chi connectivity index (χ3n) is 10.7. The van der Waals surface area contributed by atoms with E-state index in [2.05, 4.69) is 97.5 Å². The lowest BCUT2D eigenvalue weighted by Gasteiger charge is -2.32. The molecular formula is C41H54N8O2S. The van der Waals surface area contributed by atoms with Crippen LogP contribution in [0.1, 0.15) is 105 Å². The van der Waals surface area contributed by atoms with Gasteiger partial charge in [0.25, 0.3) is 5.56 Å². The largest absolute Gasteiger partial charge is 0.470 e. The van der Waals surface area contributed by atoms with E-state index in [-0.39, 0.29) is 22.6 Å². The molecule has 276 valence electrons. The molecule has 1 unspecified atom stereocenters. The minimum atomic E-state index is -0.218. The predicted molar refractivity (Wildman–Crippen MR) is 212 cm³/mol. The van der Waals surface area contributed by atoms with E-state index in [1.54, 1.807) is 9.36 Å². The highest BCUT2D eigenvalue weighted by Gasteiger charge is 2.28. The Bertz CT molecular complexity index is 1970. The molecule has 3 aromatic carbocycles. The van der Waals surface area contributed by atoms with Gasteiger partial charge in [-0.1, -0.05) is 85.2 Å². The fourth-order valence-electron chi connectivity index (χ4n) is 6.53. The van der Waals surface area contributed by atoms with Crippen LogP contribution in [0, 0.1) is 0 Å². The quantitative estimate of drug-likeness (QED) is 0.103. The van der Waals surface area contributed by atoms with E-state index in [0.717, 1.165) is 80.2 Å². The minimum Gasteiger partial charge on any atom is -0.470 e. The van der Waals surface area contributed by atoms with E-state index in [9.17, 15) is 4.79 Å². The zero-order chi connectivity index (χ0) is 36.9. The number of aromatic nitrogens is 6. The van der Waals surface area contributed by atoms with Crippen molar-refractivity contribution in [1.29, 1.82) is 0 Å². The molecule has 1 aliphatic heterocycles. The van der Waals surface area contributed by atoms with Crippen LogP contribution >= 0.6 is 11.8 Å². The summed E-state index contributed by atoms with van der Waals surface area (Å²) in [6.07, 6.45) is 7.02. The number of tetrazole rings is 1. The number of hydrogen-bond acceptors (Lipinski definition) is 8. The Morgan fingerprint density at radius 3 is 2.27 bits per heavy atom. The highest BCUT2D eigenvalue weighted by atomic mass is 32.2. The Labute approximate surface area is 312 Å². The van der Waals surface area contributed by atoms with Crippen molar-refractivity contribution in [2.24, 2.45) is 0 Å². The van der Waals surface area contributed by atoms with Crippen LogP contribution in [0.3, 0.4) is 0 Å². The molecule has 0 spiro atoms. The molecule has 2 aromatic heterocycles. The van der Waals surface area contributed by atoms with Gasteiger partial charge < -0.3 is 15.0 Å². The number of ether oxygens (including phenoxy) is 1. The van der Waals surface area contributed by atoms with Crippen LogP contribution in [0.4, 0.5) is 11.5 Å². The number of H-pyrrole nitrogens is 1. The van der Waals surface area contributed by atoms with Crippen molar-refractivity contribution in [3.05, 3.63) is 94.3 Å². The summed E-state index contributed by atoms with van der Waals surface area (Å²) in [6, 6.07) is 24.5. The summed E-state index contributed by atoms with van der Waals surface area (Å²) in [6.45, 7) is 17.6. The highest BCUT2D eigenvalue weighted by molar-refractivity contribution is 7.99. The maximum Gasteiger partial charge on any atom is 0.287 e. The fourth-order valence-corrected chi connectivity index (χ4v) is 7.47. The van der Waals surface area contributed by atoms with Gasteiger partial charge in [0, 0.05) is 30.8 Å².